The van der Waals surface area contributed by atoms with Crippen LogP contribution in [0.25, 0.3) is 11.1 Å². The van der Waals surface area contributed by atoms with Crippen LogP contribution in [0, 0.1) is 23.7 Å². The number of carbonyl (C=O) groups excluding carboxylic acids is 1. The number of aromatic hydroxyl groups is 1. The highest BCUT2D eigenvalue weighted by molar-refractivity contribution is 5.99. The molecule has 1 aromatic heterocycles. The maximum atomic E-state index is 12.5. The fourth-order valence-electron chi connectivity index (χ4n) is 3.25. The molecule has 3 rings (SSSR count). The van der Waals surface area contributed by atoms with Crippen LogP contribution in [0.1, 0.15) is 54.2 Å². The predicted octanol–water partition coefficient (Wildman–Crippen LogP) is 5.83. The number of ketones is 1. The number of Topliss-reactive ketones (excluding diaryl/α,β-unsaturated/α-hetero) is 1. The van der Waals surface area contributed by atoms with Gasteiger partial charge in [-0.25, -0.2) is 0 Å². The van der Waals surface area contributed by atoms with Crippen molar-refractivity contribution in [2.45, 2.75) is 40.7 Å². The van der Waals surface area contributed by atoms with Gasteiger partial charge in [0.2, 0.25) is 0 Å². The van der Waals surface area contributed by atoms with Crippen LogP contribution in [0.2, 0.25) is 0 Å². The van der Waals surface area contributed by atoms with Gasteiger partial charge >= 0.3 is 0 Å². The number of phenolic OH excluding ortho intramolecular Hbond substituents is 1. The quantitative estimate of drug-likeness (QED) is 0.513. The molecular weight excluding hydrogens is 388 g/mol. The van der Waals surface area contributed by atoms with Crippen molar-refractivity contribution in [3.05, 3.63) is 77.1 Å². The molecule has 0 saturated heterocycles. The lowest BCUT2D eigenvalue weighted by Gasteiger charge is -2.18. The van der Waals surface area contributed by atoms with E-state index in [-0.39, 0.29) is 16.9 Å². The van der Waals surface area contributed by atoms with Gasteiger partial charge in [-0.2, -0.15) is 5.26 Å². The SMILES string of the molecule is Cc1c(OCc2ccc(-c3cncc(C#N)c3)cc2)ccc(C(=O)CC(C)(C)C)c1O. The highest BCUT2D eigenvalue weighted by Crippen LogP contribution is 2.33. The number of rotatable bonds is 6. The lowest BCUT2D eigenvalue weighted by Crippen LogP contribution is -2.13. The highest BCUT2D eigenvalue weighted by Gasteiger charge is 2.21. The van der Waals surface area contributed by atoms with E-state index in [2.05, 4.69) is 11.1 Å². The number of ether oxygens (including phenoxy) is 1. The second kappa shape index (κ2) is 9.01. The predicted molar refractivity (Wildman–Crippen MR) is 120 cm³/mol. The largest absolute Gasteiger partial charge is 0.507 e. The summed E-state index contributed by atoms with van der Waals surface area (Å²) in [6.07, 6.45) is 3.62. The third kappa shape index (κ3) is 5.49. The molecule has 0 amide bonds. The molecule has 0 fully saturated rings. The first-order chi connectivity index (χ1) is 14.7. The lowest BCUT2D eigenvalue weighted by atomic mass is 9.87. The van der Waals surface area contributed by atoms with Crippen LogP contribution in [0.15, 0.2) is 54.9 Å². The minimum Gasteiger partial charge on any atom is -0.507 e. The zero-order valence-electron chi connectivity index (χ0n) is 18.3. The number of pyridine rings is 1. The highest BCUT2D eigenvalue weighted by atomic mass is 16.5. The summed E-state index contributed by atoms with van der Waals surface area (Å²) < 4.78 is 5.89. The second-order valence-electron chi connectivity index (χ2n) is 8.81. The van der Waals surface area contributed by atoms with E-state index < -0.39 is 0 Å². The molecule has 0 bridgehead atoms. The second-order valence-corrected chi connectivity index (χ2v) is 8.81. The Hall–Kier alpha value is -3.65. The van der Waals surface area contributed by atoms with Gasteiger partial charge in [-0.15, -0.1) is 0 Å². The molecule has 5 nitrogen and oxygen atoms in total. The molecule has 0 aliphatic carbocycles. The molecule has 158 valence electrons. The van der Waals surface area contributed by atoms with Crippen LogP contribution in [0.3, 0.4) is 0 Å². The van der Waals surface area contributed by atoms with E-state index in [1.165, 1.54) is 6.20 Å². The summed E-state index contributed by atoms with van der Waals surface area (Å²) in [5, 5.41) is 19.5. The fourth-order valence-corrected chi connectivity index (χ4v) is 3.25. The Bertz CT molecular complexity index is 1140. The minimum atomic E-state index is -0.148. The third-order valence-electron chi connectivity index (χ3n) is 4.92. The van der Waals surface area contributed by atoms with Crippen LogP contribution in [0.4, 0.5) is 0 Å². The normalized spacial score (nSPS) is 11.1. The lowest BCUT2D eigenvalue weighted by molar-refractivity contribution is 0.0937. The number of aromatic nitrogens is 1. The van der Waals surface area contributed by atoms with E-state index in [1.807, 2.05) is 45.0 Å². The van der Waals surface area contributed by atoms with Gasteiger partial charge in [-0.3, -0.25) is 9.78 Å². The molecule has 1 heterocycles. The fraction of sp³-hybridized carbons (Fsp3) is 0.269. The number of hydrogen-bond acceptors (Lipinski definition) is 5. The van der Waals surface area contributed by atoms with E-state index in [1.54, 1.807) is 31.3 Å². The average molecular weight is 415 g/mol. The minimum absolute atomic E-state index is 0.0213. The number of nitriles is 1. The summed E-state index contributed by atoms with van der Waals surface area (Å²) in [4.78, 5) is 16.6. The molecule has 1 N–H and O–H groups in total. The number of hydrogen-bond donors (Lipinski definition) is 1. The Morgan fingerprint density at radius 3 is 2.45 bits per heavy atom. The summed E-state index contributed by atoms with van der Waals surface area (Å²) >= 11 is 0. The van der Waals surface area contributed by atoms with Crippen molar-refractivity contribution in [1.82, 2.24) is 4.98 Å². The summed E-state index contributed by atoms with van der Waals surface area (Å²) in [6.45, 7) is 8.06. The maximum absolute atomic E-state index is 12.5. The summed E-state index contributed by atoms with van der Waals surface area (Å²) in [6, 6.07) is 15.1. The smallest absolute Gasteiger partial charge is 0.167 e. The molecule has 0 spiro atoms. The molecule has 0 atom stereocenters. The van der Waals surface area contributed by atoms with Crippen LogP contribution in [0.5, 0.6) is 11.5 Å². The van der Waals surface area contributed by atoms with Crippen molar-refractivity contribution >= 4 is 5.78 Å². The Kier molecular flexibility index (Phi) is 6.41. The Balaban J connectivity index is 1.70. The van der Waals surface area contributed by atoms with Crippen LogP contribution >= 0.6 is 0 Å². The van der Waals surface area contributed by atoms with E-state index >= 15 is 0 Å². The van der Waals surface area contributed by atoms with E-state index in [4.69, 9.17) is 10.00 Å². The van der Waals surface area contributed by atoms with Gasteiger partial charge in [0.1, 0.15) is 24.2 Å². The molecule has 2 aromatic carbocycles. The van der Waals surface area contributed by atoms with Crippen molar-refractivity contribution in [2.75, 3.05) is 0 Å². The van der Waals surface area contributed by atoms with E-state index in [9.17, 15) is 9.90 Å². The molecule has 0 aliphatic heterocycles. The van der Waals surface area contributed by atoms with Gasteiger partial charge in [0.05, 0.1) is 11.1 Å². The topological polar surface area (TPSA) is 83.2 Å². The number of benzene rings is 2. The van der Waals surface area contributed by atoms with E-state index in [0.717, 1.165) is 16.7 Å². The van der Waals surface area contributed by atoms with Crippen molar-refractivity contribution < 1.29 is 14.6 Å². The third-order valence-corrected chi connectivity index (χ3v) is 4.92. The van der Waals surface area contributed by atoms with Gasteiger partial charge in [0, 0.05) is 29.9 Å². The van der Waals surface area contributed by atoms with Gasteiger partial charge in [0.15, 0.2) is 5.78 Å². The molecule has 0 radical (unpaired) electrons. The zero-order chi connectivity index (χ0) is 22.6. The van der Waals surface area contributed by atoms with Crippen LogP contribution in [-0.2, 0) is 6.61 Å². The van der Waals surface area contributed by atoms with Gasteiger partial charge in [-0.05, 0) is 41.7 Å². The molecule has 3 aromatic rings. The van der Waals surface area contributed by atoms with Gasteiger partial charge in [-0.1, -0.05) is 45.0 Å². The first-order valence-corrected chi connectivity index (χ1v) is 10.1. The van der Waals surface area contributed by atoms with Crippen LogP contribution in [-0.4, -0.2) is 15.9 Å². The standard InChI is InChI=1S/C26H26N2O3/c1-17-24(10-9-22(25(17)30)23(29)12-26(2,3)4)31-16-18-5-7-20(8-6-18)21-11-19(13-27)14-28-15-21/h5-11,14-15,30H,12,16H2,1-4H3. The van der Waals surface area contributed by atoms with E-state index in [0.29, 0.717) is 35.5 Å². The summed E-state index contributed by atoms with van der Waals surface area (Å²) in [5.74, 6) is 0.442. The van der Waals surface area contributed by atoms with Crippen molar-refractivity contribution in [3.63, 3.8) is 0 Å². The van der Waals surface area contributed by atoms with Gasteiger partial charge < -0.3 is 9.84 Å². The zero-order valence-corrected chi connectivity index (χ0v) is 18.3. The van der Waals surface area contributed by atoms with Gasteiger partial charge in [0.25, 0.3) is 0 Å². The Labute approximate surface area is 183 Å². The molecular formula is C26H26N2O3. The maximum Gasteiger partial charge on any atom is 0.167 e. The number of nitrogens with zero attached hydrogens (tertiary/aromatic N) is 2. The van der Waals surface area contributed by atoms with Crippen molar-refractivity contribution in [1.29, 1.82) is 5.26 Å². The first-order valence-electron chi connectivity index (χ1n) is 10.1. The Morgan fingerprint density at radius 1 is 1.10 bits per heavy atom. The number of phenols is 1. The monoisotopic (exact) mass is 414 g/mol. The first kappa shape index (κ1) is 22.0. The van der Waals surface area contributed by atoms with Crippen molar-refractivity contribution in [3.8, 4) is 28.7 Å². The van der Waals surface area contributed by atoms with Crippen molar-refractivity contribution in [2.24, 2.45) is 5.41 Å². The van der Waals surface area contributed by atoms with Crippen LogP contribution < -0.4 is 4.74 Å². The molecule has 31 heavy (non-hydrogen) atoms. The Morgan fingerprint density at radius 2 is 1.81 bits per heavy atom. The number of carbonyl (C=O) groups is 1. The molecule has 0 unspecified atom stereocenters. The molecule has 0 saturated carbocycles. The summed E-state index contributed by atoms with van der Waals surface area (Å²) in [7, 11) is 0. The molecule has 0 aliphatic rings. The molecule has 5 heteroatoms. The average Bonchev–Trinajstić information content (AvgIpc) is 2.74. The summed E-state index contributed by atoms with van der Waals surface area (Å²) in [5.41, 5.74) is 4.05.